The summed E-state index contributed by atoms with van der Waals surface area (Å²) in [5.74, 6) is 1.40. The molecule has 172 valence electrons. The Kier molecular flexibility index (Phi) is 6.42. The summed E-state index contributed by atoms with van der Waals surface area (Å²) in [4.78, 5) is 4.74. The minimum absolute atomic E-state index is 0.172. The smallest absolute Gasteiger partial charge is 0.173 e. The predicted molar refractivity (Wildman–Crippen MR) is 122 cm³/mol. The van der Waals surface area contributed by atoms with E-state index in [4.69, 9.17) is 4.42 Å². The maximum atomic E-state index is 13.4. The number of nitriles is 1. The van der Waals surface area contributed by atoms with Crippen molar-refractivity contribution >= 4 is 0 Å². The van der Waals surface area contributed by atoms with E-state index in [1.807, 2.05) is 36.4 Å². The largest absolute Gasteiger partial charge is 0.468 e. The first-order valence-corrected chi connectivity index (χ1v) is 11.2. The van der Waals surface area contributed by atoms with Crippen LogP contribution in [0.5, 0.6) is 0 Å². The number of furan rings is 1. The van der Waals surface area contributed by atoms with Crippen molar-refractivity contribution < 1.29 is 8.81 Å². The van der Waals surface area contributed by atoms with E-state index in [9.17, 15) is 9.65 Å². The van der Waals surface area contributed by atoms with Crippen LogP contribution < -0.4 is 0 Å². The van der Waals surface area contributed by atoms with Gasteiger partial charge in [0.05, 0.1) is 37.0 Å². The molecule has 1 aliphatic heterocycles. The average molecular weight is 458 g/mol. The van der Waals surface area contributed by atoms with Gasteiger partial charge in [0.25, 0.3) is 0 Å². The Hall–Kier alpha value is -3.87. The normalized spacial score (nSPS) is 15.8. The fourth-order valence-corrected chi connectivity index (χ4v) is 4.35. The van der Waals surface area contributed by atoms with Gasteiger partial charge in [-0.15, -0.1) is 5.10 Å². The molecule has 5 rings (SSSR count). The summed E-state index contributed by atoms with van der Waals surface area (Å²) in [5.41, 5.74) is 2.54. The van der Waals surface area contributed by atoms with E-state index < -0.39 is 0 Å². The molecule has 0 radical (unpaired) electrons. The lowest BCUT2D eigenvalue weighted by Gasteiger charge is -2.38. The Bertz CT molecular complexity index is 1240. The van der Waals surface area contributed by atoms with Crippen molar-refractivity contribution in [3.8, 4) is 6.07 Å². The summed E-state index contributed by atoms with van der Waals surface area (Å²) < 4.78 is 20.6. The summed E-state index contributed by atoms with van der Waals surface area (Å²) in [6.45, 7) is 4.64. The number of benzene rings is 2. The molecule has 2 aromatic carbocycles. The van der Waals surface area contributed by atoms with Crippen LogP contribution in [0.3, 0.4) is 0 Å². The molecule has 0 aliphatic carbocycles. The van der Waals surface area contributed by atoms with Gasteiger partial charge in [0, 0.05) is 26.2 Å². The highest BCUT2D eigenvalue weighted by atomic mass is 19.1. The molecule has 4 aromatic rings. The number of rotatable bonds is 7. The Labute approximate surface area is 196 Å². The second kappa shape index (κ2) is 9.95. The first kappa shape index (κ1) is 21.9. The third-order valence-corrected chi connectivity index (χ3v) is 6.14. The molecule has 1 fully saturated rings. The standard InChI is InChI=1S/C25H24FN7O/c26-22-9-5-20(6-10-22)17-33-25(28-29-30-33)24(21-7-3-19(16-27)4-8-21)32-13-11-31(12-14-32)18-23-2-1-15-34-23/h1-10,15,24H,11-14,17-18H2/t24-/m0/s1. The Morgan fingerprint density at radius 1 is 0.971 bits per heavy atom. The lowest BCUT2D eigenvalue weighted by Crippen LogP contribution is -2.47. The summed E-state index contributed by atoms with van der Waals surface area (Å²) in [7, 11) is 0. The van der Waals surface area contributed by atoms with E-state index in [0.717, 1.165) is 49.6 Å². The van der Waals surface area contributed by atoms with Crippen LogP contribution in [0.1, 0.15) is 34.3 Å². The molecule has 0 amide bonds. The van der Waals surface area contributed by atoms with E-state index in [2.05, 4.69) is 31.4 Å². The molecular weight excluding hydrogens is 433 g/mol. The fraction of sp³-hybridized carbons (Fsp3) is 0.280. The predicted octanol–water partition coefficient (Wildman–Crippen LogP) is 3.23. The van der Waals surface area contributed by atoms with Gasteiger partial charge in [0.2, 0.25) is 0 Å². The van der Waals surface area contributed by atoms with Gasteiger partial charge in [-0.3, -0.25) is 9.80 Å². The van der Waals surface area contributed by atoms with Crippen molar-refractivity contribution in [2.45, 2.75) is 19.1 Å². The number of hydrogen-bond acceptors (Lipinski definition) is 7. The van der Waals surface area contributed by atoms with Crippen LogP contribution in [0, 0.1) is 17.1 Å². The molecule has 3 heterocycles. The number of nitrogens with zero attached hydrogens (tertiary/aromatic N) is 7. The highest BCUT2D eigenvalue weighted by Gasteiger charge is 2.31. The molecule has 0 spiro atoms. The first-order chi connectivity index (χ1) is 16.7. The lowest BCUT2D eigenvalue weighted by atomic mass is 10.0. The van der Waals surface area contributed by atoms with Crippen LogP contribution in [0.2, 0.25) is 0 Å². The summed E-state index contributed by atoms with van der Waals surface area (Å²) in [6.07, 6.45) is 1.70. The third-order valence-electron chi connectivity index (χ3n) is 6.14. The Morgan fingerprint density at radius 2 is 1.74 bits per heavy atom. The van der Waals surface area contributed by atoms with Gasteiger partial charge in [-0.2, -0.15) is 5.26 Å². The van der Waals surface area contributed by atoms with Crippen LogP contribution >= 0.6 is 0 Å². The highest BCUT2D eigenvalue weighted by Crippen LogP contribution is 2.29. The second-order valence-electron chi connectivity index (χ2n) is 8.35. The molecule has 1 atom stereocenters. The van der Waals surface area contributed by atoms with Gasteiger partial charge in [-0.05, 0) is 58.0 Å². The van der Waals surface area contributed by atoms with Crippen LogP contribution in [-0.4, -0.2) is 56.2 Å². The topological polar surface area (TPSA) is 87.0 Å². The summed E-state index contributed by atoms with van der Waals surface area (Å²) in [6, 6.07) is 19.9. The molecule has 0 bridgehead atoms. The van der Waals surface area contributed by atoms with Gasteiger partial charge < -0.3 is 4.42 Å². The second-order valence-corrected chi connectivity index (χ2v) is 8.35. The van der Waals surface area contributed by atoms with Gasteiger partial charge in [-0.1, -0.05) is 24.3 Å². The van der Waals surface area contributed by atoms with E-state index in [1.54, 1.807) is 23.1 Å². The molecule has 1 aliphatic rings. The van der Waals surface area contributed by atoms with Gasteiger partial charge in [0.15, 0.2) is 5.82 Å². The summed E-state index contributed by atoms with van der Waals surface area (Å²) >= 11 is 0. The van der Waals surface area contributed by atoms with Crippen LogP contribution in [0.25, 0.3) is 0 Å². The maximum absolute atomic E-state index is 13.4. The van der Waals surface area contributed by atoms with Crippen LogP contribution in [0.4, 0.5) is 4.39 Å². The van der Waals surface area contributed by atoms with E-state index in [1.165, 1.54) is 12.1 Å². The third kappa shape index (κ3) is 4.88. The highest BCUT2D eigenvalue weighted by molar-refractivity contribution is 5.35. The lowest BCUT2D eigenvalue weighted by molar-refractivity contribution is 0.0956. The molecular formula is C25H24FN7O. The minimum atomic E-state index is -0.274. The fourth-order valence-electron chi connectivity index (χ4n) is 4.35. The van der Waals surface area contributed by atoms with Crippen molar-refractivity contribution in [3.05, 3.63) is 101 Å². The molecule has 34 heavy (non-hydrogen) atoms. The molecule has 0 N–H and O–H groups in total. The van der Waals surface area contributed by atoms with Crippen molar-refractivity contribution in [2.75, 3.05) is 26.2 Å². The maximum Gasteiger partial charge on any atom is 0.173 e. The number of halogens is 1. The zero-order valence-electron chi connectivity index (χ0n) is 18.6. The van der Waals surface area contributed by atoms with E-state index >= 15 is 0 Å². The zero-order valence-corrected chi connectivity index (χ0v) is 18.6. The number of hydrogen-bond donors (Lipinski definition) is 0. The summed E-state index contributed by atoms with van der Waals surface area (Å²) in [5, 5.41) is 21.8. The molecule has 0 unspecified atom stereocenters. The van der Waals surface area contributed by atoms with Crippen LogP contribution in [0.15, 0.2) is 71.3 Å². The molecule has 1 saturated heterocycles. The first-order valence-electron chi connectivity index (χ1n) is 11.2. The molecule has 2 aromatic heterocycles. The van der Waals surface area contributed by atoms with Crippen molar-refractivity contribution in [2.24, 2.45) is 0 Å². The van der Waals surface area contributed by atoms with Gasteiger partial charge >= 0.3 is 0 Å². The quantitative estimate of drug-likeness (QED) is 0.421. The number of aromatic nitrogens is 4. The molecule has 9 heteroatoms. The van der Waals surface area contributed by atoms with Gasteiger partial charge in [0.1, 0.15) is 11.6 Å². The minimum Gasteiger partial charge on any atom is -0.468 e. The van der Waals surface area contributed by atoms with E-state index in [-0.39, 0.29) is 11.9 Å². The monoisotopic (exact) mass is 457 g/mol. The van der Waals surface area contributed by atoms with E-state index in [0.29, 0.717) is 17.9 Å². The molecule has 0 saturated carbocycles. The Morgan fingerprint density at radius 3 is 2.41 bits per heavy atom. The number of tetrazole rings is 1. The van der Waals surface area contributed by atoms with Crippen molar-refractivity contribution in [1.29, 1.82) is 5.26 Å². The SMILES string of the molecule is N#Cc1ccc([C@@H](c2nnnn2Cc2ccc(F)cc2)N2CCN(Cc3ccco3)CC2)cc1. The van der Waals surface area contributed by atoms with Gasteiger partial charge in [-0.25, -0.2) is 9.07 Å². The van der Waals surface area contributed by atoms with Crippen molar-refractivity contribution in [1.82, 2.24) is 30.0 Å². The Balaban J connectivity index is 1.40. The number of piperazine rings is 1. The zero-order chi connectivity index (χ0) is 23.3. The van der Waals surface area contributed by atoms with Crippen LogP contribution in [-0.2, 0) is 13.1 Å². The average Bonchev–Trinajstić information content (AvgIpc) is 3.55. The molecule has 8 nitrogen and oxygen atoms in total. The van der Waals surface area contributed by atoms with Crippen molar-refractivity contribution in [3.63, 3.8) is 0 Å².